The van der Waals surface area contributed by atoms with Crippen molar-refractivity contribution in [3.8, 4) is 0 Å². The predicted octanol–water partition coefficient (Wildman–Crippen LogP) is -1.27. The zero-order chi connectivity index (χ0) is 22.2. The Morgan fingerprint density at radius 1 is 1.14 bits per heavy atom. The molecular weight excluding hydrogens is 485 g/mol. The number of amides is 3. The average Bonchev–Trinajstić information content (AvgIpc) is 2.86. The summed E-state index contributed by atoms with van der Waals surface area (Å²) in [5.74, 6) is -0.746. The van der Waals surface area contributed by atoms with Crippen molar-refractivity contribution in [2.24, 2.45) is 0 Å². The molecule has 2 unspecified atom stereocenters. The van der Waals surface area contributed by atoms with Crippen LogP contribution in [-0.4, -0.2) is 78.0 Å². The van der Waals surface area contributed by atoms with Crippen LogP contribution in [-0.2, 0) is 36.4 Å². The zero-order valence-electron chi connectivity index (χ0n) is 14.0. The van der Waals surface area contributed by atoms with Crippen molar-refractivity contribution in [3.05, 3.63) is 0 Å². The maximum absolute atomic E-state index is 11.8. The molecule has 0 aliphatic carbocycles. The van der Waals surface area contributed by atoms with Crippen LogP contribution >= 0.6 is 35.7 Å². The molecule has 2 rings (SSSR count). The van der Waals surface area contributed by atoms with E-state index in [4.69, 9.17) is 31.6 Å². The molecule has 20 heteroatoms. The van der Waals surface area contributed by atoms with Crippen LogP contribution in [0.2, 0.25) is 0 Å². The molecule has 0 aromatic heterocycles. The van der Waals surface area contributed by atoms with Crippen molar-refractivity contribution < 1.29 is 65.8 Å². The highest BCUT2D eigenvalue weighted by atomic mass is 32.1. The van der Waals surface area contributed by atoms with Crippen LogP contribution in [0.3, 0.4) is 0 Å². The number of hydrogen-bond donors (Lipinski definition) is 6. The Labute approximate surface area is 167 Å². The fraction of sp³-hybridized carbons (Fsp3) is 0.667. The van der Waals surface area contributed by atoms with Crippen molar-refractivity contribution in [2.75, 3.05) is 13.2 Å². The number of phosphoric ester groups is 1. The molecule has 2 aliphatic rings. The number of ether oxygens (including phenoxy) is 1. The number of imide groups is 1. The van der Waals surface area contributed by atoms with E-state index in [1.807, 2.05) is 5.32 Å². The molecule has 29 heavy (non-hydrogen) atoms. The Balaban J connectivity index is 1.94. The normalized spacial score (nSPS) is 30.0. The summed E-state index contributed by atoms with van der Waals surface area (Å²) < 4.78 is 50.2. The number of rotatable bonds is 8. The molecule has 3 amide bonds. The lowest BCUT2D eigenvalue weighted by Crippen LogP contribution is -2.57. The van der Waals surface area contributed by atoms with Gasteiger partial charge in [-0.1, -0.05) is 12.2 Å². The van der Waals surface area contributed by atoms with Crippen LogP contribution < -0.4 is 5.32 Å². The Morgan fingerprint density at radius 2 is 1.76 bits per heavy atom. The van der Waals surface area contributed by atoms with Crippen LogP contribution in [0.4, 0.5) is 4.79 Å². The van der Waals surface area contributed by atoms with E-state index in [-0.39, 0.29) is 17.8 Å². The van der Waals surface area contributed by atoms with E-state index in [0.29, 0.717) is 0 Å². The number of aliphatic hydroxyl groups excluding tert-OH is 1. The van der Waals surface area contributed by atoms with Gasteiger partial charge in [0.1, 0.15) is 12.3 Å². The minimum absolute atomic E-state index is 0.112. The number of hydrogen-bond acceptors (Lipinski definition) is 11. The third-order valence-electron chi connectivity index (χ3n) is 3.42. The number of urea groups is 1. The van der Waals surface area contributed by atoms with E-state index in [1.165, 1.54) is 0 Å². The van der Waals surface area contributed by atoms with Crippen LogP contribution in [0.1, 0.15) is 6.42 Å². The monoisotopic (exact) mass is 500 g/mol. The van der Waals surface area contributed by atoms with Gasteiger partial charge in [0.2, 0.25) is 0 Å². The van der Waals surface area contributed by atoms with Crippen molar-refractivity contribution in [3.63, 3.8) is 0 Å². The van der Waals surface area contributed by atoms with Gasteiger partial charge in [0, 0.05) is 6.42 Å². The quantitative estimate of drug-likeness (QED) is 0.168. The van der Waals surface area contributed by atoms with Gasteiger partial charge in [0.25, 0.3) is 5.91 Å². The summed E-state index contributed by atoms with van der Waals surface area (Å²) in [5, 5.41) is 11.9. The number of aliphatic hydroxyl groups is 1. The first kappa shape index (κ1) is 24.6. The van der Waals surface area contributed by atoms with Gasteiger partial charge in [0.05, 0.1) is 24.1 Å². The van der Waals surface area contributed by atoms with Gasteiger partial charge in [-0.2, -0.15) is 8.62 Å². The third-order valence-corrected chi connectivity index (χ3v) is 7.54. The first-order valence-corrected chi connectivity index (χ1v) is 12.3. The molecule has 0 aromatic carbocycles. The molecule has 166 valence electrons. The third kappa shape index (κ3) is 7.22. The van der Waals surface area contributed by atoms with Crippen molar-refractivity contribution in [2.45, 2.75) is 24.9 Å². The highest BCUT2D eigenvalue weighted by Crippen LogP contribution is 2.66. The molecule has 0 spiro atoms. The zero-order valence-corrected chi connectivity index (χ0v) is 17.5. The van der Waals surface area contributed by atoms with E-state index in [2.05, 4.69) is 13.1 Å². The highest BCUT2D eigenvalue weighted by molar-refractivity contribution is 7.82. The Hall–Kier alpha value is -0.640. The number of carbonyl (C=O) groups is 2. The maximum atomic E-state index is 11.8. The van der Waals surface area contributed by atoms with E-state index in [9.17, 15) is 33.3 Å². The van der Waals surface area contributed by atoms with E-state index < -0.39 is 60.4 Å². The molecule has 2 saturated heterocycles. The largest absolute Gasteiger partial charge is 0.490 e. The van der Waals surface area contributed by atoms with Crippen LogP contribution in [0.25, 0.3) is 0 Å². The number of nitrogens with one attached hydrogen (secondary N) is 1. The smallest absolute Gasteiger partial charge is 0.390 e. The van der Waals surface area contributed by atoms with Crippen LogP contribution in [0, 0.1) is 0 Å². The lowest BCUT2D eigenvalue weighted by molar-refractivity contribution is -0.115. The molecule has 2 aliphatic heterocycles. The van der Waals surface area contributed by atoms with Gasteiger partial charge in [-0.15, -0.1) is 0 Å². The Bertz CT molecular complexity index is 844. The van der Waals surface area contributed by atoms with Gasteiger partial charge in [-0.3, -0.25) is 19.5 Å². The molecule has 16 nitrogen and oxygen atoms in total. The SMILES string of the molecule is O=C1NC(=O)N([C@H]2C[C@H](O)[C@@H](COP(=O)(O)OP(=O)(O)OP(=O)(O)O)O2)CC1=S. The summed E-state index contributed by atoms with van der Waals surface area (Å²) in [6.07, 6.45) is -3.91. The topological polar surface area (TPSA) is 239 Å². The van der Waals surface area contributed by atoms with Crippen molar-refractivity contribution >= 4 is 52.5 Å². The van der Waals surface area contributed by atoms with Gasteiger partial charge in [-0.25, -0.2) is 18.5 Å². The summed E-state index contributed by atoms with van der Waals surface area (Å²) in [6.45, 7) is -1.15. The van der Waals surface area contributed by atoms with Crippen LogP contribution in [0.5, 0.6) is 0 Å². The van der Waals surface area contributed by atoms with Gasteiger partial charge in [-0.05, 0) is 0 Å². The van der Waals surface area contributed by atoms with Gasteiger partial charge >= 0.3 is 29.5 Å². The number of carbonyl (C=O) groups excluding carboxylic acids is 2. The molecule has 0 aromatic rings. The average molecular weight is 500 g/mol. The lowest BCUT2D eigenvalue weighted by atomic mass is 10.2. The number of thiocarbonyl (C=S) groups is 1. The molecule has 5 atom stereocenters. The van der Waals surface area contributed by atoms with Gasteiger partial charge in [0.15, 0.2) is 0 Å². The minimum Gasteiger partial charge on any atom is -0.390 e. The summed E-state index contributed by atoms with van der Waals surface area (Å²) >= 11 is 4.79. The Morgan fingerprint density at radius 3 is 2.34 bits per heavy atom. The molecule has 0 saturated carbocycles. The molecule has 6 N–H and O–H groups in total. The first-order valence-electron chi connectivity index (χ1n) is 7.35. The summed E-state index contributed by atoms with van der Waals surface area (Å²) in [7, 11) is -16.6. The maximum Gasteiger partial charge on any atom is 0.490 e. The van der Waals surface area contributed by atoms with Crippen LogP contribution in [0.15, 0.2) is 0 Å². The fourth-order valence-electron chi connectivity index (χ4n) is 2.30. The fourth-order valence-corrected chi connectivity index (χ4v) is 5.52. The Kier molecular flexibility index (Phi) is 7.51. The summed E-state index contributed by atoms with van der Waals surface area (Å²) in [5.41, 5.74) is 0. The van der Waals surface area contributed by atoms with Crippen molar-refractivity contribution in [1.82, 2.24) is 10.2 Å². The van der Waals surface area contributed by atoms with Gasteiger partial charge < -0.3 is 29.4 Å². The molecule has 0 radical (unpaired) electrons. The highest BCUT2D eigenvalue weighted by Gasteiger charge is 2.45. The minimum atomic E-state index is -5.68. The molecular formula is C9H15N2O14P3S. The first-order chi connectivity index (χ1) is 13.1. The second kappa shape index (κ2) is 8.85. The van der Waals surface area contributed by atoms with E-state index in [0.717, 1.165) is 4.90 Å². The molecule has 2 heterocycles. The predicted molar refractivity (Wildman–Crippen MR) is 91.9 cm³/mol. The molecule has 2 fully saturated rings. The lowest BCUT2D eigenvalue weighted by Gasteiger charge is -2.31. The van der Waals surface area contributed by atoms with Crippen molar-refractivity contribution in [1.29, 1.82) is 0 Å². The molecule has 0 bridgehead atoms. The summed E-state index contributed by atoms with van der Waals surface area (Å²) in [4.78, 5) is 59.4. The standard InChI is InChI=1S/C9H15N2O14P3S/c12-4-1-7(11-2-6(29)8(13)10-9(11)14)23-5(4)3-22-27(18,19)25-28(20,21)24-26(15,16)17/h4-5,7,12H,1-3H2,(H,18,19)(H,20,21)(H,10,13,14)(H2,15,16,17)/t4-,5+,7+/m0/s1. The number of phosphoric acid groups is 3. The second-order valence-corrected chi connectivity index (χ2v) is 10.5. The summed E-state index contributed by atoms with van der Waals surface area (Å²) in [6, 6.07) is -0.839. The van der Waals surface area contributed by atoms with E-state index in [1.54, 1.807) is 0 Å². The van der Waals surface area contributed by atoms with E-state index >= 15 is 0 Å². The number of nitrogens with zero attached hydrogens (tertiary/aromatic N) is 1. The second-order valence-electron chi connectivity index (χ2n) is 5.63.